The number of anilines is 2. The minimum atomic E-state index is -0.687. The van der Waals surface area contributed by atoms with Crippen molar-refractivity contribution < 1.29 is 23.9 Å². The van der Waals surface area contributed by atoms with Crippen LogP contribution in [0.2, 0.25) is 0 Å². The van der Waals surface area contributed by atoms with Crippen molar-refractivity contribution in [2.24, 2.45) is 0 Å². The van der Waals surface area contributed by atoms with E-state index in [1.807, 2.05) is 19.1 Å². The van der Waals surface area contributed by atoms with Gasteiger partial charge in [-0.2, -0.15) is 0 Å². The Labute approximate surface area is 180 Å². The van der Waals surface area contributed by atoms with Crippen LogP contribution in [0.4, 0.5) is 11.4 Å². The molecule has 3 rings (SSSR count). The maximum Gasteiger partial charge on any atom is 0.355 e. The van der Waals surface area contributed by atoms with Gasteiger partial charge in [0.05, 0.1) is 19.8 Å². The average molecular weight is 418 g/mol. The van der Waals surface area contributed by atoms with Gasteiger partial charge in [-0.15, -0.1) is 0 Å². The molecule has 0 saturated heterocycles. The molecule has 0 aromatic heterocycles. The van der Waals surface area contributed by atoms with Crippen molar-refractivity contribution in [2.75, 3.05) is 24.4 Å². The lowest BCUT2D eigenvalue weighted by Gasteiger charge is -2.23. The zero-order chi connectivity index (χ0) is 22.4. The first-order chi connectivity index (χ1) is 14.9. The summed E-state index contributed by atoms with van der Waals surface area (Å²) < 4.78 is 9.70. The molecule has 0 radical (unpaired) electrons. The second kappa shape index (κ2) is 9.58. The van der Waals surface area contributed by atoms with E-state index < -0.39 is 11.9 Å². The molecule has 0 aliphatic carbocycles. The summed E-state index contributed by atoms with van der Waals surface area (Å²) in [6.07, 6.45) is 6.45. The SMILES string of the molecule is COC(=O)C1=C(C(=O)OC)N(c2ccc(NC(=O)c3cccc(C)c3)cc2)C=CC=C1. The maximum absolute atomic E-state index is 12.5. The minimum absolute atomic E-state index is 0.0240. The molecule has 0 fully saturated rings. The van der Waals surface area contributed by atoms with Crippen molar-refractivity contribution in [3.05, 3.63) is 95.4 Å². The highest BCUT2D eigenvalue weighted by Gasteiger charge is 2.27. The van der Waals surface area contributed by atoms with Gasteiger partial charge in [0, 0.05) is 23.1 Å². The van der Waals surface area contributed by atoms with Crippen LogP contribution >= 0.6 is 0 Å². The lowest BCUT2D eigenvalue weighted by molar-refractivity contribution is -0.139. The second-order valence-corrected chi connectivity index (χ2v) is 6.69. The molecule has 0 atom stereocenters. The molecule has 0 bridgehead atoms. The second-order valence-electron chi connectivity index (χ2n) is 6.69. The molecular weight excluding hydrogens is 396 g/mol. The molecule has 2 aromatic carbocycles. The van der Waals surface area contributed by atoms with E-state index in [4.69, 9.17) is 9.47 Å². The summed E-state index contributed by atoms with van der Waals surface area (Å²) in [6.45, 7) is 1.92. The fourth-order valence-corrected chi connectivity index (χ4v) is 3.06. The number of nitrogens with zero attached hydrogens (tertiary/aromatic N) is 1. The molecule has 0 unspecified atom stereocenters. The summed E-state index contributed by atoms with van der Waals surface area (Å²) in [5, 5.41) is 2.84. The standard InChI is InChI=1S/C24H22N2O5/c1-16-7-6-8-17(15-16)22(27)25-18-10-12-19(13-11-18)26-14-5-4-9-20(23(28)30-2)21(26)24(29)31-3/h4-15H,1-3H3,(H,25,27). The smallest absolute Gasteiger partial charge is 0.355 e. The summed E-state index contributed by atoms with van der Waals surface area (Å²) in [7, 11) is 2.48. The summed E-state index contributed by atoms with van der Waals surface area (Å²) >= 11 is 0. The highest BCUT2D eigenvalue weighted by molar-refractivity contribution is 6.06. The number of esters is 2. The fraction of sp³-hybridized carbons (Fsp3) is 0.125. The molecule has 7 heteroatoms. The molecule has 31 heavy (non-hydrogen) atoms. The highest BCUT2D eigenvalue weighted by Crippen LogP contribution is 2.27. The first-order valence-corrected chi connectivity index (χ1v) is 9.47. The molecule has 7 nitrogen and oxygen atoms in total. The van der Waals surface area contributed by atoms with E-state index in [-0.39, 0.29) is 17.2 Å². The van der Waals surface area contributed by atoms with Crippen LogP contribution in [-0.2, 0) is 19.1 Å². The fourth-order valence-electron chi connectivity index (χ4n) is 3.06. The number of allylic oxidation sites excluding steroid dienone is 2. The average Bonchev–Trinajstić information content (AvgIpc) is 3.01. The van der Waals surface area contributed by atoms with Crippen LogP contribution in [0.15, 0.2) is 84.2 Å². The van der Waals surface area contributed by atoms with Crippen LogP contribution in [-0.4, -0.2) is 32.1 Å². The van der Waals surface area contributed by atoms with Gasteiger partial charge in [0.2, 0.25) is 0 Å². The number of nitrogens with one attached hydrogen (secondary N) is 1. The topological polar surface area (TPSA) is 84.9 Å². The van der Waals surface area contributed by atoms with Gasteiger partial charge in [-0.3, -0.25) is 4.79 Å². The lowest BCUT2D eigenvalue weighted by atomic mass is 10.1. The van der Waals surface area contributed by atoms with Gasteiger partial charge in [0.25, 0.3) is 5.91 Å². The van der Waals surface area contributed by atoms with E-state index in [2.05, 4.69) is 5.32 Å². The van der Waals surface area contributed by atoms with Gasteiger partial charge in [-0.1, -0.05) is 23.8 Å². The first kappa shape index (κ1) is 21.6. The zero-order valence-electron chi connectivity index (χ0n) is 17.4. The number of rotatable bonds is 5. The van der Waals surface area contributed by atoms with Gasteiger partial charge in [0.1, 0.15) is 5.70 Å². The predicted molar refractivity (Wildman–Crippen MR) is 117 cm³/mol. The summed E-state index contributed by atoms with van der Waals surface area (Å²) in [5.41, 5.74) is 2.82. The third-order valence-corrected chi connectivity index (χ3v) is 4.57. The van der Waals surface area contributed by atoms with Crippen molar-refractivity contribution in [1.82, 2.24) is 0 Å². The van der Waals surface area contributed by atoms with Crippen LogP contribution in [0.1, 0.15) is 15.9 Å². The van der Waals surface area contributed by atoms with Crippen molar-refractivity contribution in [2.45, 2.75) is 6.92 Å². The molecule has 1 N–H and O–H groups in total. The van der Waals surface area contributed by atoms with Crippen LogP contribution in [0, 0.1) is 6.92 Å². The Bertz CT molecular complexity index is 1100. The highest BCUT2D eigenvalue weighted by atomic mass is 16.5. The van der Waals surface area contributed by atoms with Crippen molar-refractivity contribution in [1.29, 1.82) is 0 Å². The molecule has 1 amide bonds. The van der Waals surface area contributed by atoms with E-state index in [9.17, 15) is 14.4 Å². The number of carbonyl (C=O) groups excluding carboxylic acids is 3. The predicted octanol–water partition coefficient (Wildman–Crippen LogP) is 3.74. The van der Waals surface area contributed by atoms with Crippen LogP contribution < -0.4 is 10.2 Å². The molecule has 1 aliphatic rings. The molecule has 1 heterocycles. The van der Waals surface area contributed by atoms with E-state index >= 15 is 0 Å². The first-order valence-electron chi connectivity index (χ1n) is 9.47. The number of amides is 1. The Morgan fingerprint density at radius 3 is 2.26 bits per heavy atom. The molecule has 0 saturated carbocycles. The van der Waals surface area contributed by atoms with Gasteiger partial charge >= 0.3 is 11.9 Å². The van der Waals surface area contributed by atoms with E-state index in [0.717, 1.165) is 5.56 Å². The van der Waals surface area contributed by atoms with Crippen LogP contribution in [0.5, 0.6) is 0 Å². The normalized spacial score (nSPS) is 12.9. The molecule has 0 spiro atoms. The largest absolute Gasteiger partial charge is 0.465 e. The molecule has 2 aromatic rings. The van der Waals surface area contributed by atoms with E-state index in [0.29, 0.717) is 16.9 Å². The third-order valence-electron chi connectivity index (χ3n) is 4.57. The number of aryl methyl sites for hydroxylation is 1. The molecule has 158 valence electrons. The van der Waals surface area contributed by atoms with Gasteiger partial charge in [0.15, 0.2) is 0 Å². The Morgan fingerprint density at radius 1 is 0.903 bits per heavy atom. The lowest BCUT2D eigenvalue weighted by Crippen LogP contribution is -2.26. The van der Waals surface area contributed by atoms with Crippen LogP contribution in [0.25, 0.3) is 0 Å². The van der Waals surface area contributed by atoms with Crippen molar-refractivity contribution in [3.63, 3.8) is 0 Å². The number of hydrogen-bond donors (Lipinski definition) is 1. The summed E-state index contributed by atoms with van der Waals surface area (Å²) in [4.78, 5) is 38.7. The number of hydrogen-bond acceptors (Lipinski definition) is 6. The maximum atomic E-state index is 12.5. The van der Waals surface area contributed by atoms with Gasteiger partial charge in [-0.05, 0) is 55.5 Å². The van der Waals surface area contributed by atoms with Gasteiger partial charge < -0.3 is 19.7 Å². The Morgan fingerprint density at radius 2 is 1.61 bits per heavy atom. The minimum Gasteiger partial charge on any atom is -0.465 e. The van der Waals surface area contributed by atoms with Crippen molar-refractivity contribution >= 4 is 29.2 Å². The number of ether oxygens (including phenoxy) is 2. The van der Waals surface area contributed by atoms with E-state index in [1.54, 1.807) is 54.8 Å². The monoisotopic (exact) mass is 418 g/mol. The quantitative estimate of drug-likeness (QED) is 0.745. The number of methoxy groups -OCH3 is 2. The Hall–Kier alpha value is -4.13. The van der Waals surface area contributed by atoms with Gasteiger partial charge in [-0.25, -0.2) is 9.59 Å². The Kier molecular flexibility index (Phi) is 6.67. The molecular formula is C24H22N2O5. The third kappa shape index (κ3) is 4.90. The van der Waals surface area contributed by atoms with Crippen LogP contribution in [0.3, 0.4) is 0 Å². The van der Waals surface area contributed by atoms with Crippen molar-refractivity contribution in [3.8, 4) is 0 Å². The number of carbonyl (C=O) groups is 3. The summed E-state index contributed by atoms with van der Waals surface area (Å²) in [5.74, 6) is -1.57. The van der Waals surface area contributed by atoms with E-state index in [1.165, 1.54) is 25.2 Å². The summed E-state index contributed by atoms with van der Waals surface area (Å²) in [6, 6.07) is 14.2. The number of benzene rings is 2. The molecule has 1 aliphatic heterocycles. The Balaban J connectivity index is 1.90. The zero-order valence-corrected chi connectivity index (χ0v) is 17.4.